The molecule has 7 N–H and O–H groups in total. The Morgan fingerprint density at radius 2 is 1.20 bits per heavy atom. The topological polar surface area (TPSA) is 167 Å². The Morgan fingerprint density at radius 3 is 1.33 bits per heavy atom. The quantitative estimate of drug-likeness (QED) is 0.416. The van der Waals surface area contributed by atoms with E-state index >= 15 is 0 Å². The molecule has 0 rings (SSSR count). The van der Waals surface area contributed by atoms with Crippen molar-refractivity contribution in [3.63, 3.8) is 0 Å². The Balaban J connectivity index is -0.000000720. The van der Waals surface area contributed by atoms with E-state index in [1.165, 1.54) is 0 Å². The van der Waals surface area contributed by atoms with Gasteiger partial charge in [-0.25, -0.2) is 4.79 Å². The average molecular weight is 261 g/mol. The van der Waals surface area contributed by atoms with Gasteiger partial charge in [-0.15, -0.1) is 0 Å². The van der Waals surface area contributed by atoms with Crippen LogP contribution in [0.2, 0.25) is 0 Å². The van der Waals surface area contributed by atoms with Crippen molar-refractivity contribution >= 4 is 17.9 Å². The largest absolute Gasteiger partial charge is 0.481 e. The molecule has 0 aromatic rings. The summed E-state index contributed by atoms with van der Waals surface area (Å²) in [4.78, 5) is 30.5. The molecule has 0 aliphatic rings. The smallest absolute Gasteiger partial charge is 0.336 e. The second-order valence-corrected chi connectivity index (χ2v) is 2.48. The second-order valence-electron chi connectivity index (χ2n) is 2.48. The molecule has 0 heterocycles. The first kappa shape index (κ1) is 19.4. The molecule has 0 saturated heterocycles. The molecule has 0 amide bonds. The van der Waals surface area contributed by atoms with Crippen molar-refractivity contribution in [2.45, 2.75) is 18.4 Å². The molecule has 15 heavy (non-hydrogen) atoms. The van der Waals surface area contributed by atoms with Gasteiger partial charge in [0.15, 0.2) is 5.60 Å². The predicted octanol–water partition coefficient (Wildman–Crippen LogP) is -1.09. The van der Waals surface area contributed by atoms with Crippen LogP contribution in [0.1, 0.15) is 12.8 Å². The third-order valence-electron chi connectivity index (χ3n) is 1.29. The van der Waals surface area contributed by atoms with Gasteiger partial charge in [-0.05, 0) is 0 Å². The van der Waals surface area contributed by atoms with Gasteiger partial charge in [0, 0.05) is 17.4 Å². The van der Waals surface area contributed by atoms with Gasteiger partial charge in [-0.2, -0.15) is 0 Å². The van der Waals surface area contributed by atoms with Crippen LogP contribution in [0.5, 0.6) is 0 Å². The Kier molecular flexibility index (Phi) is 9.32. The molecule has 88 valence electrons. The maximum Gasteiger partial charge on any atom is 0.336 e. The van der Waals surface area contributed by atoms with Crippen LogP contribution in [-0.2, 0) is 31.7 Å². The first-order chi connectivity index (χ1) is 5.78. The Labute approximate surface area is 95.2 Å². The van der Waals surface area contributed by atoms with E-state index in [-0.39, 0.29) is 23.5 Å². The van der Waals surface area contributed by atoms with Crippen LogP contribution in [0.4, 0.5) is 0 Å². The van der Waals surface area contributed by atoms with Crippen LogP contribution in [0, 0.1) is 0 Å². The summed E-state index contributed by atoms with van der Waals surface area (Å²) in [5.41, 5.74) is -2.74. The number of rotatable bonds is 5. The van der Waals surface area contributed by atoms with E-state index in [1.807, 2.05) is 0 Å². The second kappa shape index (κ2) is 7.19. The standard InChI is InChI=1S/C6H8O7.Cr.H3N/c7-3(8)1-6(13,5(11)12)2-4(9)10;;/h13H,1-2H2,(H,7,8)(H,9,10)(H,11,12);;1H3. The number of hydrogen-bond acceptors (Lipinski definition) is 5. The molecule has 0 saturated carbocycles. The molecule has 0 bridgehead atoms. The molecule has 0 aromatic heterocycles. The zero-order chi connectivity index (χ0) is 10.6. The van der Waals surface area contributed by atoms with Crippen LogP contribution in [0.3, 0.4) is 0 Å². The summed E-state index contributed by atoms with van der Waals surface area (Å²) < 4.78 is 0. The van der Waals surface area contributed by atoms with Crippen molar-refractivity contribution in [2.75, 3.05) is 0 Å². The minimum absolute atomic E-state index is 0. The summed E-state index contributed by atoms with van der Waals surface area (Å²) in [5.74, 6) is -5.02. The van der Waals surface area contributed by atoms with Crippen molar-refractivity contribution in [3.05, 3.63) is 0 Å². The van der Waals surface area contributed by atoms with E-state index in [9.17, 15) is 14.4 Å². The third kappa shape index (κ3) is 6.87. The van der Waals surface area contributed by atoms with Crippen molar-refractivity contribution in [3.8, 4) is 0 Å². The summed E-state index contributed by atoms with van der Waals surface area (Å²) in [6, 6.07) is 0. The van der Waals surface area contributed by atoms with Crippen LogP contribution >= 0.6 is 0 Å². The maximum atomic E-state index is 10.3. The minimum Gasteiger partial charge on any atom is -0.481 e. The zero-order valence-electron chi connectivity index (χ0n) is 7.54. The number of carbonyl (C=O) groups is 3. The number of hydrogen-bond donors (Lipinski definition) is 5. The van der Waals surface area contributed by atoms with E-state index in [1.54, 1.807) is 0 Å². The van der Waals surface area contributed by atoms with Crippen molar-refractivity contribution in [2.24, 2.45) is 0 Å². The monoisotopic (exact) mass is 261 g/mol. The van der Waals surface area contributed by atoms with Gasteiger partial charge in [0.25, 0.3) is 0 Å². The van der Waals surface area contributed by atoms with Gasteiger partial charge in [-0.3, -0.25) is 9.59 Å². The van der Waals surface area contributed by atoms with Gasteiger partial charge in [0.1, 0.15) is 0 Å². The van der Waals surface area contributed by atoms with Crippen LogP contribution in [0.15, 0.2) is 0 Å². The Bertz CT molecular complexity index is 238. The number of aliphatic carboxylic acids is 3. The third-order valence-corrected chi connectivity index (χ3v) is 1.29. The Hall–Kier alpha value is -1.14. The van der Waals surface area contributed by atoms with Crippen LogP contribution < -0.4 is 6.15 Å². The van der Waals surface area contributed by atoms with Gasteiger partial charge in [0.05, 0.1) is 12.8 Å². The predicted molar refractivity (Wildman–Crippen MR) is 42.1 cm³/mol. The number of carboxylic acid groups (broad SMARTS) is 3. The number of aliphatic hydroxyl groups is 1. The summed E-state index contributed by atoms with van der Waals surface area (Å²) in [6.45, 7) is 0. The molecular formula is C6H11CrNO7. The first-order valence-electron chi connectivity index (χ1n) is 3.17. The Morgan fingerprint density at radius 1 is 0.933 bits per heavy atom. The van der Waals surface area contributed by atoms with E-state index in [4.69, 9.17) is 20.4 Å². The zero-order valence-corrected chi connectivity index (χ0v) is 8.82. The van der Waals surface area contributed by atoms with Gasteiger partial charge >= 0.3 is 17.9 Å². The van der Waals surface area contributed by atoms with Gasteiger partial charge in [-0.1, -0.05) is 0 Å². The van der Waals surface area contributed by atoms with E-state index in [0.717, 1.165) is 0 Å². The van der Waals surface area contributed by atoms with E-state index in [0.29, 0.717) is 0 Å². The van der Waals surface area contributed by atoms with E-state index in [2.05, 4.69) is 0 Å². The van der Waals surface area contributed by atoms with Crippen LogP contribution in [0.25, 0.3) is 0 Å². The van der Waals surface area contributed by atoms with Crippen molar-refractivity contribution < 1.29 is 52.2 Å². The molecular weight excluding hydrogens is 250 g/mol. The molecule has 0 spiro atoms. The van der Waals surface area contributed by atoms with Gasteiger partial charge in [0.2, 0.25) is 0 Å². The first-order valence-corrected chi connectivity index (χ1v) is 3.17. The van der Waals surface area contributed by atoms with Crippen LogP contribution in [-0.4, -0.2) is 43.9 Å². The van der Waals surface area contributed by atoms with Crippen molar-refractivity contribution in [1.29, 1.82) is 0 Å². The molecule has 0 atom stereocenters. The fourth-order valence-electron chi connectivity index (χ4n) is 0.714. The molecule has 9 heteroatoms. The molecule has 8 nitrogen and oxygen atoms in total. The molecule has 0 radical (unpaired) electrons. The fraction of sp³-hybridized carbons (Fsp3) is 0.500. The summed E-state index contributed by atoms with van der Waals surface area (Å²) in [5, 5.41) is 33.8. The molecule has 0 aliphatic carbocycles. The maximum absolute atomic E-state index is 10.3. The summed E-state index contributed by atoms with van der Waals surface area (Å²) in [7, 11) is 0. The molecule has 0 unspecified atom stereocenters. The van der Waals surface area contributed by atoms with Crippen molar-refractivity contribution in [1.82, 2.24) is 6.15 Å². The fourth-order valence-corrected chi connectivity index (χ4v) is 0.714. The molecule has 0 aliphatic heterocycles. The number of carboxylic acids is 3. The molecule has 0 aromatic carbocycles. The SMILES string of the molecule is N.O=C(O)CC(O)(CC(=O)O)C(=O)O.[Cr]. The molecule has 0 fully saturated rings. The normalized spacial score (nSPS) is 9.40. The summed E-state index contributed by atoms with van der Waals surface area (Å²) in [6.07, 6.45) is -2.29. The van der Waals surface area contributed by atoms with Gasteiger partial charge < -0.3 is 26.6 Å². The minimum atomic E-state index is -2.74. The summed E-state index contributed by atoms with van der Waals surface area (Å²) >= 11 is 0. The van der Waals surface area contributed by atoms with E-state index < -0.39 is 36.4 Å². The average Bonchev–Trinajstić information content (AvgIpc) is 1.82.